The average Bonchev–Trinajstić information content (AvgIpc) is 2.43. The van der Waals surface area contributed by atoms with Gasteiger partial charge in [-0.2, -0.15) is 0 Å². The summed E-state index contributed by atoms with van der Waals surface area (Å²) in [6, 6.07) is 0. The highest BCUT2D eigenvalue weighted by Crippen LogP contribution is 2.46. The molecule has 60 valence electrons. The number of carbonyl (C=O) groups excluding carboxylic acids is 1. The molecule has 0 aromatic rings. The molecule has 0 aromatic carbocycles. The van der Waals surface area contributed by atoms with Gasteiger partial charge >= 0.3 is 5.97 Å². The molecule has 3 nitrogen and oxygen atoms in total. The third-order valence-corrected chi connectivity index (χ3v) is 2.88. The molecule has 2 fully saturated rings. The van der Waals surface area contributed by atoms with Crippen molar-refractivity contribution >= 4 is 11.8 Å². The van der Waals surface area contributed by atoms with Gasteiger partial charge in [-0.1, -0.05) is 0 Å². The summed E-state index contributed by atoms with van der Waals surface area (Å²) in [4.78, 5) is 21.7. The molecule has 0 radical (unpaired) electrons. The maximum absolute atomic E-state index is 11.1. The van der Waals surface area contributed by atoms with Crippen molar-refractivity contribution in [3.05, 3.63) is 0 Å². The van der Waals surface area contributed by atoms with Crippen molar-refractivity contribution in [1.29, 1.82) is 0 Å². The first-order chi connectivity index (χ1) is 5.18. The maximum Gasteiger partial charge on any atom is 0.307 e. The van der Waals surface area contributed by atoms with Gasteiger partial charge in [0.1, 0.15) is 5.78 Å². The number of ketones is 1. The molecular weight excluding hydrogens is 144 g/mol. The summed E-state index contributed by atoms with van der Waals surface area (Å²) < 4.78 is 0. The molecule has 0 heterocycles. The summed E-state index contributed by atoms with van der Waals surface area (Å²) in [5, 5.41) is 8.70. The van der Waals surface area contributed by atoms with Crippen molar-refractivity contribution in [2.24, 2.45) is 17.8 Å². The minimum atomic E-state index is -0.787. The molecule has 0 aromatic heterocycles. The Balaban J connectivity index is 2.18. The number of carbonyl (C=O) groups is 2. The quantitative estimate of drug-likeness (QED) is 0.604. The molecule has 0 unspecified atom stereocenters. The lowest BCUT2D eigenvalue weighted by molar-refractivity contribution is -0.146. The first-order valence-electron chi connectivity index (χ1n) is 3.94. The van der Waals surface area contributed by atoms with Crippen LogP contribution < -0.4 is 0 Å². The van der Waals surface area contributed by atoms with Gasteiger partial charge in [0.15, 0.2) is 0 Å². The van der Waals surface area contributed by atoms with Crippen LogP contribution in [0, 0.1) is 17.8 Å². The van der Waals surface area contributed by atoms with Crippen molar-refractivity contribution in [2.45, 2.75) is 19.3 Å². The Kier molecular flexibility index (Phi) is 1.28. The van der Waals surface area contributed by atoms with Crippen molar-refractivity contribution in [3.63, 3.8) is 0 Å². The van der Waals surface area contributed by atoms with Crippen molar-refractivity contribution in [1.82, 2.24) is 0 Å². The van der Waals surface area contributed by atoms with Gasteiger partial charge in [-0.05, 0) is 18.8 Å². The number of hydrogen-bond acceptors (Lipinski definition) is 2. The lowest BCUT2D eigenvalue weighted by Crippen LogP contribution is -2.26. The molecule has 2 rings (SSSR count). The zero-order chi connectivity index (χ0) is 8.01. The third-order valence-electron chi connectivity index (χ3n) is 2.88. The number of fused-ring (bicyclic) bond motifs is 2. The fraction of sp³-hybridized carbons (Fsp3) is 0.750. The number of rotatable bonds is 1. The first kappa shape index (κ1) is 6.83. The van der Waals surface area contributed by atoms with E-state index in [1.54, 1.807) is 0 Å². The number of carboxylic acid groups (broad SMARTS) is 1. The molecule has 11 heavy (non-hydrogen) atoms. The Morgan fingerprint density at radius 2 is 2.18 bits per heavy atom. The molecule has 2 saturated carbocycles. The zero-order valence-corrected chi connectivity index (χ0v) is 6.12. The molecule has 2 aliphatic rings. The van der Waals surface area contributed by atoms with E-state index in [1.807, 2.05) is 0 Å². The van der Waals surface area contributed by atoms with Crippen LogP contribution in [-0.4, -0.2) is 16.9 Å². The largest absolute Gasteiger partial charge is 0.481 e. The summed E-state index contributed by atoms with van der Waals surface area (Å²) >= 11 is 0. The number of aliphatic carboxylic acids is 1. The number of Topliss-reactive ketones (excluding diaryl/α,β-unsaturated/α-hetero) is 1. The van der Waals surface area contributed by atoms with E-state index in [1.165, 1.54) is 0 Å². The molecule has 3 atom stereocenters. The monoisotopic (exact) mass is 154 g/mol. The second-order valence-electron chi connectivity index (χ2n) is 3.56. The third kappa shape index (κ3) is 0.870. The maximum atomic E-state index is 11.1. The van der Waals surface area contributed by atoms with Gasteiger partial charge < -0.3 is 5.11 Å². The minimum absolute atomic E-state index is 0.141. The van der Waals surface area contributed by atoms with Crippen LogP contribution in [0.4, 0.5) is 0 Å². The molecule has 0 amide bonds. The van der Waals surface area contributed by atoms with Gasteiger partial charge in [0.2, 0.25) is 0 Å². The van der Waals surface area contributed by atoms with E-state index in [4.69, 9.17) is 5.11 Å². The fourth-order valence-electron chi connectivity index (χ4n) is 2.37. The standard InChI is InChI=1S/C8H10O3/c9-7-3-4-1-5(7)6(2-4)8(10)11/h4-6H,1-3H2,(H,10,11)/t4-,5-,6-/m1/s1. The lowest BCUT2D eigenvalue weighted by Gasteiger charge is -2.15. The Morgan fingerprint density at radius 1 is 1.45 bits per heavy atom. The van der Waals surface area contributed by atoms with E-state index in [0.29, 0.717) is 12.3 Å². The van der Waals surface area contributed by atoms with E-state index < -0.39 is 5.97 Å². The smallest absolute Gasteiger partial charge is 0.307 e. The summed E-state index contributed by atoms with van der Waals surface area (Å²) in [6.45, 7) is 0. The van der Waals surface area contributed by atoms with E-state index in [0.717, 1.165) is 12.8 Å². The molecular formula is C8H10O3. The van der Waals surface area contributed by atoms with Crippen LogP contribution in [0.25, 0.3) is 0 Å². The summed E-state index contributed by atoms with van der Waals surface area (Å²) in [7, 11) is 0. The number of carboxylic acids is 1. The predicted molar refractivity (Wildman–Crippen MR) is 37.0 cm³/mol. The highest BCUT2D eigenvalue weighted by molar-refractivity contribution is 5.89. The Labute approximate surface area is 64.4 Å². The van der Waals surface area contributed by atoms with Gasteiger partial charge in [0.05, 0.1) is 5.92 Å². The number of hydrogen-bond donors (Lipinski definition) is 1. The minimum Gasteiger partial charge on any atom is -0.481 e. The molecule has 0 saturated heterocycles. The van der Waals surface area contributed by atoms with Crippen LogP contribution in [0.2, 0.25) is 0 Å². The molecule has 0 spiro atoms. The molecule has 0 aliphatic heterocycles. The topological polar surface area (TPSA) is 54.4 Å². The second kappa shape index (κ2) is 2.06. The fourth-order valence-corrected chi connectivity index (χ4v) is 2.37. The van der Waals surface area contributed by atoms with Gasteiger partial charge in [-0.3, -0.25) is 9.59 Å². The van der Waals surface area contributed by atoms with Crippen LogP contribution in [0.1, 0.15) is 19.3 Å². The van der Waals surface area contributed by atoms with Crippen molar-refractivity contribution in [2.75, 3.05) is 0 Å². The van der Waals surface area contributed by atoms with E-state index in [9.17, 15) is 9.59 Å². The van der Waals surface area contributed by atoms with E-state index in [-0.39, 0.29) is 17.6 Å². The molecule has 1 N–H and O–H groups in total. The van der Waals surface area contributed by atoms with Crippen molar-refractivity contribution in [3.8, 4) is 0 Å². The summed E-state index contributed by atoms with van der Waals surface area (Å²) in [5.74, 6) is -0.730. The molecule has 2 aliphatic carbocycles. The first-order valence-corrected chi connectivity index (χ1v) is 3.94. The Morgan fingerprint density at radius 3 is 2.55 bits per heavy atom. The SMILES string of the molecule is O=C(O)[C@@H]1C[C@@H]2CC(=O)[C@@H]1C2. The van der Waals surface area contributed by atoms with E-state index in [2.05, 4.69) is 0 Å². The van der Waals surface area contributed by atoms with Gasteiger partial charge in [-0.15, -0.1) is 0 Å². The highest BCUT2D eigenvalue weighted by Gasteiger charge is 2.48. The second-order valence-corrected chi connectivity index (χ2v) is 3.56. The normalized spacial score (nSPS) is 41.5. The van der Waals surface area contributed by atoms with Crippen LogP contribution >= 0.6 is 0 Å². The summed E-state index contributed by atoms with van der Waals surface area (Å²) in [6.07, 6.45) is 2.19. The highest BCUT2D eigenvalue weighted by atomic mass is 16.4. The van der Waals surface area contributed by atoms with Crippen LogP contribution in [-0.2, 0) is 9.59 Å². The predicted octanol–water partition coefficient (Wildman–Crippen LogP) is 0.686. The lowest BCUT2D eigenvalue weighted by atomic mass is 9.88. The Hall–Kier alpha value is -0.860. The van der Waals surface area contributed by atoms with Gasteiger partial charge in [0, 0.05) is 12.3 Å². The van der Waals surface area contributed by atoms with Crippen LogP contribution in [0.5, 0.6) is 0 Å². The van der Waals surface area contributed by atoms with Gasteiger partial charge in [-0.25, -0.2) is 0 Å². The van der Waals surface area contributed by atoms with Crippen molar-refractivity contribution < 1.29 is 14.7 Å². The van der Waals surface area contributed by atoms with Crippen LogP contribution in [0.15, 0.2) is 0 Å². The van der Waals surface area contributed by atoms with Gasteiger partial charge in [0.25, 0.3) is 0 Å². The molecule has 3 heteroatoms. The average molecular weight is 154 g/mol. The zero-order valence-electron chi connectivity index (χ0n) is 6.12. The molecule has 2 bridgehead atoms. The van der Waals surface area contributed by atoms with E-state index >= 15 is 0 Å². The Bertz CT molecular complexity index is 221. The summed E-state index contributed by atoms with van der Waals surface area (Å²) in [5.41, 5.74) is 0. The van der Waals surface area contributed by atoms with Crippen LogP contribution in [0.3, 0.4) is 0 Å².